The van der Waals surface area contributed by atoms with Crippen LogP contribution in [0.15, 0.2) is 41.2 Å². The van der Waals surface area contributed by atoms with E-state index in [1.54, 1.807) is 7.11 Å². The van der Waals surface area contributed by atoms with Gasteiger partial charge in [-0.15, -0.1) is 0 Å². The molecule has 2 aliphatic heterocycles. The lowest BCUT2D eigenvalue weighted by atomic mass is 9.83. The third-order valence-electron chi connectivity index (χ3n) is 7.23. The highest BCUT2D eigenvalue weighted by Crippen LogP contribution is 2.36. The quantitative estimate of drug-likeness (QED) is 0.815. The normalized spacial score (nSPS) is 23.2. The second kappa shape index (κ2) is 8.40. The largest absolute Gasteiger partial charge is 0.497 e. The molecule has 164 valence electrons. The van der Waals surface area contributed by atoms with Gasteiger partial charge in [0.05, 0.1) is 7.11 Å². The highest BCUT2D eigenvalue weighted by molar-refractivity contribution is 5.75. The minimum absolute atomic E-state index is 0.0671. The smallest absolute Gasteiger partial charge is 0.317 e. The molecular formula is C25H31N3O3. The highest BCUT2D eigenvalue weighted by atomic mass is 16.5. The Balaban J connectivity index is 1.35. The predicted molar refractivity (Wildman–Crippen MR) is 121 cm³/mol. The van der Waals surface area contributed by atoms with Gasteiger partial charge in [0.2, 0.25) is 0 Å². The van der Waals surface area contributed by atoms with Gasteiger partial charge in [-0.2, -0.15) is 0 Å². The van der Waals surface area contributed by atoms with Gasteiger partial charge in [-0.05, 0) is 55.0 Å². The van der Waals surface area contributed by atoms with Gasteiger partial charge >= 0.3 is 6.03 Å². The van der Waals surface area contributed by atoms with Crippen molar-refractivity contribution in [1.29, 1.82) is 0 Å². The molecule has 5 rings (SSSR count). The van der Waals surface area contributed by atoms with Crippen LogP contribution in [0.1, 0.15) is 50.1 Å². The average Bonchev–Trinajstić information content (AvgIpc) is 2.80. The second-order valence-corrected chi connectivity index (χ2v) is 9.30. The number of methoxy groups -OCH3 is 1. The topological polar surface area (TPSA) is 63.6 Å². The molecule has 1 saturated heterocycles. The Morgan fingerprint density at radius 3 is 2.52 bits per heavy atom. The number of urea groups is 1. The van der Waals surface area contributed by atoms with E-state index >= 15 is 0 Å². The number of fused-ring (bicyclic) bond motifs is 4. The number of rotatable bonds is 3. The minimum atomic E-state index is 0.0671. The first-order valence-electron chi connectivity index (χ1n) is 11.6. The summed E-state index contributed by atoms with van der Waals surface area (Å²) in [5, 5.41) is 3.26. The summed E-state index contributed by atoms with van der Waals surface area (Å²) in [6.07, 6.45) is 6.95. The number of piperidine rings is 1. The van der Waals surface area contributed by atoms with Gasteiger partial charge in [-0.25, -0.2) is 4.79 Å². The van der Waals surface area contributed by atoms with E-state index in [9.17, 15) is 9.59 Å². The molecule has 31 heavy (non-hydrogen) atoms. The van der Waals surface area contributed by atoms with Crippen LogP contribution in [0.3, 0.4) is 0 Å². The van der Waals surface area contributed by atoms with Crippen LogP contribution in [0.2, 0.25) is 0 Å². The maximum Gasteiger partial charge on any atom is 0.317 e. The van der Waals surface area contributed by atoms with Crippen molar-refractivity contribution in [3.63, 3.8) is 0 Å². The molecule has 0 radical (unpaired) electrons. The molecule has 0 unspecified atom stereocenters. The van der Waals surface area contributed by atoms with E-state index in [-0.39, 0.29) is 17.5 Å². The fraction of sp³-hybridized carbons (Fsp3) is 0.520. The molecule has 2 bridgehead atoms. The van der Waals surface area contributed by atoms with Gasteiger partial charge in [0.1, 0.15) is 5.75 Å². The summed E-state index contributed by atoms with van der Waals surface area (Å²) in [4.78, 5) is 28.2. The molecule has 1 aliphatic carbocycles. The van der Waals surface area contributed by atoms with Crippen LogP contribution in [0, 0.1) is 5.92 Å². The molecule has 2 amide bonds. The first-order chi connectivity index (χ1) is 15.1. The number of benzene rings is 1. The Morgan fingerprint density at radius 2 is 1.77 bits per heavy atom. The van der Waals surface area contributed by atoms with Crippen LogP contribution >= 0.6 is 0 Å². The predicted octanol–water partition coefficient (Wildman–Crippen LogP) is 3.99. The maximum absolute atomic E-state index is 13.3. The Hall–Kier alpha value is -2.76. The minimum Gasteiger partial charge on any atom is -0.497 e. The fourth-order valence-electron chi connectivity index (χ4n) is 5.61. The molecule has 3 heterocycles. The van der Waals surface area contributed by atoms with Crippen molar-refractivity contribution in [2.24, 2.45) is 5.92 Å². The number of nitrogens with one attached hydrogen (secondary N) is 1. The lowest BCUT2D eigenvalue weighted by Gasteiger charge is -2.43. The Kier molecular flexibility index (Phi) is 5.47. The van der Waals surface area contributed by atoms with Crippen LogP contribution < -0.4 is 15.6 Å². The second-order valence-electron chi connectivity index (χ2n) is 9.30. The van der Waals surface area contributed by atoms with Crippen LogP contribution in [-0.2, 0) is 6.54 Å². The highest BCUT2D eigenvalue weighted by Gasteiger charge is 2.37. The molecule has 3 aliphatic rings. The van der Waals surface area contributed by atoms with E-state index < -0.39 is 0 Å². The number of amides is 2. The van der Waals surface area contributed by atoms with E-state index in [4.69, 9.17) is 4.74 Å². The number of carbonyl (C=O) groups is 1. The summed E-state index contributed by atoms with van der Waals surface area (Å²) in [6, 6.07) is 12.1. The summed E-state index contributed by atoms with van der Waals surface area (Å²) in [7, 11) is 1.64. The number of likely N-dealkylation sites (tertiary alicyclic amines) is 1. The van der Waals surface area contributed by atoms with Crippen molar-refractivity contribution in [3.05, 3.63) is 52.4 Å². The van der Waals surface area contributed by atoms with Crippen LogP contribution in [-0.4, -0.2) is 41.7 Å². The molecule has 0 spiro atoms. The molecule has 1 aromatic carbocycles. The summed E-state index contributed by atoms with van der Waals surface area (Å²) in [5.41, 5.74) is 2.76. The molecule has 2 atom stereocenters. The first-order valence-corrected chi connectivity index (χ1v) is 11.6. The maximum atomic E-state index is 13.3. The van der Waals surface area contributed by atoms with E-state index in [0.29, 0.717) is 25.0 Å². The zero-order chi connectivity index (χ0) is 21.4. The lowest BCUT2D eigenvalue weighted by Crippen LogP contribution is -2.53. The number of hydrogen-bond donors (Lipinski definition) is 1. The standard InChI is InChI=1S/C25H31N3O3/c1-31-21-9-7-18(8-10-21)22-11-12-23-19-13-17(15-28(23)24(22)29)14-27(16-19)25(30)26-20-5-3-2-4-6-20/h7-12,17,19-20H,2-6,13-16H2,1H3,(H,26,30)/t17-,19+/m0/s1. The lowest BCUT2D eigenvalue weighted by molar-refractivity contribution is 0.127. The zero-order valence-electron chi connectivity index (χ0n) is 18.2. The Bertz CT molecular complexity index is 1010. The van der Waals surface area contributed by atoms with Gasteiger partial charge in [-0.3, -0.25) is 4.79 Å². The number of nitrogens with zero attached hydrogens (tertiary/aromatic N) is 2. The average molecular weight is 422 g/mol. The number of carbonyl (C=O) groups excluding carboxylic acids is 1. The van der Waals surface area contributed by atoms with Crippen molar-refractivity contribution in [2.45, 2.75) is 57.0 Å². The van der Waals surface area contributed by atoms with Crippen molar-refractivity contribution in [1.82, 2.24) is 14.8 Å². The SMILES string of the molecule is COc1ccc(-c2ccc3n(c2=O)C[C@H]2C[C@@H]3CN(C(=O)NC3CCCCC3)C2)cc1. The van der Waals surface area contributed by atoms with E-state index in [1.165, 1.54) is 19.3 Å². The molecule has 2 aromatic rings. The molecule has 1 saturated carbocycles. The summed E-state index contributed by atoms with van der Waals surface area (Å²) >= 11 is 0. The fourth-order valence-corrected chi connectivity index (χ4v) is 5.61. The molecule has 2 fully saturated rings. The summed E-state index contributed by atoms with van der Waals surface area (Å²) in [5.74, 6) is 1.33. The molecule has 6 heteroatoms. The van der Waals surface area contributed by atoms with Gasteiger partial charge in [0.15, 0.2) is 0 Å². The molecular weight excluding hydrogens is 390 g/mol. The van der Waals surface area contributed by atoms with Crippen molar-refractivity contribution in [3.8, 4) is 16.9 Å². The number of aromatic nitrogens is 1. The molecule has 6 nitrogen and oxygen atoms in total. The van der Waals surface area contributed by atoms with Gasteiger partial charge in [0.25, 0.3) is 5.56 Å². The van der Waals surface area contributed by atoms with E-state index in [2.05, 4.69) is 11.4 Å². The Labute approximate surface area is 183 Å². The van der Waals surface area contributed by atoms with E-state index in [0.717, 1.165) is 48.4 Å². The zero-order valence-corrected chi connectivity index (χ0v) is 18.2. The number of hydrogen-bond acceptors (Lipinski definition) is 3. The molecule has 1 N–H and O–H groups in total. The monoisotopic (exact) mass is 421 g/mol. The third-order valence-corrected chi connectivity index (χ3v) is 7.23. The number of ether oxygens (including phenoxy) is 1. The summed E-state index contributed by atoms with van der Waals surface area (Å²) < 4.78 is 7.19. The van der Waals surface area contributed by atoms with Gasteiger partial charge in [-0.1, -0.05) is 31.4 Å². The van der Waals surface area contributed by atoms with Crippen molar-refractivity contribution < 1.29 is 9.53 Å². The van der Waals surface area contributed by atoms with Crippen LogP contribution in [0.25, 0.3) is 11.1 Å². The first kappa shape index (κ1) is 20.2. The van der Waals surface area contributed by atoms with Crippen LogP contribution in [0.5, 0.6) is 5.75 Å². The van der Waals surface area contributed by atoms with Gasteiger partial charge in [0, 0.05) is 42.9 Å². The third kappa shape index (κ3) is 3.95. The van der Waals surface area contributed by atoms with E-state index in [1.807, 2.05) is 39.8 Å². The van der Waals surface area contributed by atoms with Gasteiger partial charge < -0.3 is 19.5 Å². The summed E-state index contributed by atoms with van der Waals surface area (Å²) in [6.45, 7) is 2.10. The van der Waals surface area contributed by atoms with Crippen molar-refractivity contribution in [2.75, 3.05) is 20.2 Å². The van der Waals surface area contributed by atoms with Crippen molar-refractivity contribution >= 4 is 6.03 Å². The molecule has 1 aromatic heterocycles. The Morgan fingerprint density at radius 1 is 1.00 bits per heavy atom. The number of pyridine rings is 1. The van der Waals surface area contributed by atoms with Crippen LogP contribution in [0.4, 0.5) is 4.79 Å².